The van der Waals surface area contributed by atoms with Crippen LogP contribution in [0.2, 0.25) is 5.02 Å². The Balaban J connectivity index is 1.47. The molecule has 0 unspecified atom stereocenters. The highest BCUT2D eigenvalue weighted by Crippen LogP contribution is 2.34. The number of esters is 1. The van der Waals surface area contributed by atoms with E-state index in [9.17, 15) is 4.79 Å². The summed E-state index contributed by atoms with van der Waals surface area (Å²) in [6.45, 7) is 3.46. The average Bonchev–Trinajstić information content (AvgIpc) is 2.93. The predicted octanol–water partition coefficient (Wildman–Crippen LogP) is 3.33. The van der Waals surface area contributed by atoms with Gasteiger partial charge in [0, 0.05) is 42.5 Å². The largest absolute Gasteiger partial charge is 0.438 e. The number of fused-ring (bicyclic) bond motifs is 1. The van der Waals surface area contributed by atoms with Crippen LogP contribution in [-0.4, -0.2) is 37.0 Å². The fourth-order valence-electron chi connectivity index (χ4n) is 3.29. The average molecular weight is 329 g/mol. The number of hydrogen-bond acceptors (Lipinski definition) is 4. The Bertz CT molecular complexity index is 741. The molecule has 2 aromatic carbocycles. The molecule has 1 atom stereocenters. The van der Waals surface area contributed by atoms with E-state index in [2.05, 4.69) is 15.9 Å². The first-order valence-corrected chi connectivity index (χ1v) is 8.15. The van der Waals surface area contributed by atoms with E-state index in [0.717, 1.165) is 42.5 Å². The van der Waals surface area contributed by atoms with Crippen molar-refractivity contribution in [3.05, 3.63) is 64.7 Å². The summed E-state index contributed by atoms with van der Waals surface area (Å²) in [7, 11) is 0. The molecule has 0 amide bonds. The van der Waals surface area contributed by atoms with Gasteiger partial charge in [-0.1, -0.05) is 35.9 Å². The van der Waals surface area contributed by atoms with E-state index in [4.69, 9.17) is 16.3 Å². The van der Waals surface area contributed by atoms with Crippen LogP contribution in [0, 0.1) is 0 Å². The van der Waals surface area contributed by atoms with Crippen LogP contribution in [0.25, 0.3) is 0 Å². The minimum Gasteiger partial charge on any atom is -0.438 e. The van der Waals surface area contributed by atoms with E-state index < -0.39 is 0 Å². The second kappa shape index (κ2) is 5.87. The van der Waals surface area contributed by atoms with Crippen LogP contribution in [-0.2, 0) is 4.74 Å². The molecule has 0 saturated carbocycles. The number of carbonyl (C=O) groups excluding carboxylic acids is 1. The van der Waals surface area contributed by atoms with Crippen molar-refractivity contribution in [1.82, 2.24) is 4.90 Å². The van der Waals surface area contributed by atoms with E-state index >= 15 is 0 Å². The van der Waals surface area contributed by atoms with Gasteiger partial charge in [0.1, 0.15) is 0 Å². The molecular weight excluding hydrogens is 312 g/mol. The number of ether oxygens (including phenoxy) is 1. The Morgan fingerprint density at radius 3 is 2.57 bits per heavy atom. The maximum atomic E-state index is 12.0. The van der Waals surface area contributed by atoms with Gasteiger partial charge < -0.3 is 9.64 Å². The SMILES string of the molecule is O=C1O[C@H](N2CCN(c3cccc(Cl)c3)CC2)c2ccccc21. The van der Waals surface area contributed by atoms with Crippen LogP contribution in [0.5, 0.6) is 0 Å². The van der Waals surface area contributed by atoms with Crippen LogP contribution in [0.3, 0.4) is 0 Å². The fraction of sp³-hybridized carbons (Fsp3) is 0.278. The summed E-state index contributed by atoms with van der Waals surface area (Å²) in [6, 6.07) is 15.6. The molecule has 0 aromatic heterocycles. The van der Waals surface area contributed by atoms with E-state index in [0.29, 0.717) is 5.56 Å². The molecule has 1 saturated heterocycles. The molecule has 0 aliphatic carbocycles. The molecule has 2 aromatic rings. The lowest BCUT2D eigenvalue weighted by Crippen LogP contribution is -2.47. The molecule has 2 heterocycles. The van der Waals surface area contributed by atoms with Gasteiger partial charge in [-0.3, -0.25) is 4.90 Å². The van der Waals surface area contributed by atoms with Crippen molar-refractivity contribution >= 4 is 23.3 Å². The van der Waals surface area contributed by atoms with Crippen molar-refractivity contribution < 1.29 is 9.53 Å². The molecule has 23 heavy (non-hydrogen) atoms. The summed E-state index contributed by atoms with van der Waals surface area (Å²) >= 11 is 6.07. The van der Waals surface area contributed by atoms with E-state index in [1.54, 1.807) is 0 Å². The Morgan fingerprint density at radius 2 is 1.78 bits per heavy atom. The number of hydrogen-bond donors (Lipinski definition) is 0. The van der Waals surface area contributed by atoms with Crippen LogP contribution >= 0.6 is 11.6 Å². The monoisotopic (exact) mass is 328 g/mol. The Kier molecular flexibility index (Phi) is 3.71. The number of piperazine rings is 1. The molecule has 0 radical (unpaired) electrons. The van der Waals surface area contributed by atoms with Crippen LogP contribution in [0.1, 0.15) is 22.1 Å². The van der Waals surface area contributed by atoms with Gasteiger partial charge in [-0.2, -0.15) is 0 Å². The zero-order valence-electron chi connectivity index (χ0n) is 12.6. The molecule has 0 bridgehead atoms. The number of rotatable bonds is 2. The summed E-state index contributed by atoms with van der Waals surface area (Å²) < 4.78 is 5.58. The first-order chi connectivity index (χ1) is 11.2. The Hall–Kier alpha value is -2.04. The first kappa shape index (κ1) is 14.5. The summed E-state index contributed by atoms with van der Waals surface area (Å²) in [5.41, 5.74) is 2.81. The zero-order chi connectivity index (χ0) is 15.8. The quantitative estimate of drug-likeness (QED) is 0.792. The lowest BCUT2D eigenvalue weighted by molar-refractivity contribution is -0.0250. The molecule has 118 valence electrons. The molecule has 4 nitrogen and oxygen atoms in total. The summed E-state index contributed by atoms with van der Waals surface area (Å²) in [6.07, 6.45) is -0.250. The molecule has 1 fully saturated rings. The van der Waals surface area contributed by atoms with Gasteiger partial charge in [-0.15, -0.1) is 0 Å². The zero-order valence-corrected chi connectivity index (χ0v) is 13.4. The van der Waals surface area contributed by atoms with Crippen LogP contribution in [0.15, 0.2) is 48.5 Å². The van der Waals surface area contributed by atoms with E-state index in [-0.39, 0.29) is 12.2 Å². The van der Waals surface area contributed by atoms with Crippen molar-refractivity contribution in [2.45, 2.75) is 6.23 Å². The highest BCUT2D eigenvalue weighted by atomic mass is 35.5. The maximum Gasteiger partial charge on any atom is 0.340 e. The lowest BCUT2D eigenvalue weighted by Gasteiger charge is -2.38. The third kappa shape index (κ3) is 2.69. The van der Waals surface area contributed by atoms with Crippen molar-refractivity contribution in [3.8, 4) is 0 Å². The molecule has 0 spiro atoms. The van der Waals surface area contributed by atoms with Crippen LogP contribution < -0.4 is 4.90 Å². The number of halogens is 1. The standard InChI is InChI=1S/C18H17ClN2O2/c19-13-4-3-5-14(12-13)20-8-10-21(11-9-20)17-15-6-1-2-7-16(15)18(22)23-17/h1-7,12,17H,8-11H2/t17-/m0/s1. The van der Waals surface area contributed by atoms with Gasteiger partial charge in [0.25, 0.3) is 0 Å². The van der Waals surface area contributed by atoms with E-state index in [1.807, 2.05) is 42.5 Å². The third-order valence-corrected chi connectivity index (χ3v) is 4.72. The molecule has 2 aliphatic heterocycles. The van der Waals surface area contributed by atoms with Crippen molar-refractivity contribution in [2.75, 3.05) is 31.1 Å². The van der Waals surface area contributed by atoms with Crippen LogP contribution in [0.4, 0.5) is 5.69 Å². The fourth-order valence-corrected chi connectivity index (χ4v) is 3.47. The Morgan fingerprint density at radius 1 is 1.00 bits per heavy atom. The summed E-state index contributed by atoms with van der Waals surface area (Å²) in [5.74, 6) is -0.220. The number of nitrogens with zero attached hydrogens (tertiary/aromatic N) is 2. The van der Waals surface area contributed by atoms with E-state index in [1.165, 1.54) is 0 Å². The lowest BCUT2D eigenvalue weighted by atomic mass is 10.1. The van der Waals surface area contributed by atoms with Crippen molar-refractivity contribution in [2.24, 2.45) is 0 Å². The normalized spacial score (nSPS) is 21.2. The van der Waals surface area contributed by atoms with Crippen molar-refractivity contribution in [3.63, 3.8) is 0 Å². The third-order valence-electron chi connectivity index (χ3n) is 4.48. The smallest absolute Gasteiger partial charge is 0.340 e. The molecule has 4 rings (SSSR count). The van der Waals surface area contributed by atoms with Gasteiger partial charge >= 0.3 is 5.97 Å². The Labute approximate surface area is 140 Å². The van der Waals surface area contributed by atoms with Crippen molar-refractivity contribution in [1.29, 1.82) is 0 Å². The number of anilines is 1. The number of cyclic esters (lactones) is 1. The topological polar surface area (TPSA) is 32.8 Å². The molecular formula is C18H17ClN2O2. The van der Waals surface area contributed by atoms with Gasteiger partial charge in [-0.25, -0.2) is 4.79 Å². The maximum absolute atomic E-state index is 12.0. The molecule has 0 N–H and O–H groups in total. The minimum atomic E-state index is -0.250. The van der Waals surface area contributed by atoms with Gasteiger partial charge in [0.15, 0.2) is 6.23 Å². The first-order valence-electron chi connectivity index (χ1n) is 7.77. The van der Waals surface area contributed by atoms with Gasteiger partial charge in [0.2, 0.25) is 0 Å². The second-order valence-corrected chi connectivity index (χ2v) is 6.28. The van der Waals surface area contributed by atoms with Gasteiger partial charge in [0.05, 0.1) is 5.56 Å². The predicted molar refractivity (Wildman–Crippen MR) is 89.8 cm³/mol. The molecule has 5 heteroatoms. The highest BCUT2D eigenvalue weighted by molar-refractivity contribution is 6.30. The molecule has 2 aliphatic rings. The minimum absolute atomic E-state index is 0.220. The summed E-state index contributed by atoms with van der Waals surface area (Å²) in [4.78, 5) is 16.5. The second-order valence-electron chi connectivity index (χ2n) is 5.85. The number of carbonyl (C=O) groups is 1. The number of benzene rings is 2. The van der Waals surface area contributed by atoms with Gasteiger partial charge in [-0.05, 0) is 24.3 Å². The highest BCUT2D eigenvalue weighted by Gasteiger charge is 2.36. The summed E-state index contributed by atoms with van der Waals surface area (Å²) in [5, 5.41) is 0.753.